The molecular weight excluding hydrogens is 162 g/mol. The Bertz CT molecular complexity index is 393. The van der Waals surface area contributed by atoms with Crippen LogP contribution in [0.1, 0.15) is 0 Å². The summed E-state index contributed by atoms with van der Waals surface area (Å²) in [6.45, 7) is 0. The summed E-state index contributed by atoms with van der Waals surface area (Å²) < 4.78 is 1.68. The lowest BCUT2D eigenvalue weighted by atomic mass is 10.4. The van der Waals surface area contributed by atoms with Crippen molar-refractivity contribution >= 4 is 23.1 Å². The molecule has 0 aromatic carbocycles. The average molecular weight is 168 g/mol. The van der Waals surface area contributed by atoms with Crippen LogP contribution in [-0.2, 0) is 0 Å². The number of rotatable bonds is 0. The molecule has 0 radical (unpaired) electrons. The van der Waals surface area contributed by atoms with E-state index in [4.69, 9.17) is 17.3 Å². The first-order chi connectivity index (χ1) is 5.29. The fraction of sp³-hybridized carbons (Fsp3) is 0. The average Bonchev–Trinajstić information content (AvgIpc) is 2.34. The third kappa shape index (κ3) is 0.851. The summed E-state index contributed by atoms with van der Waals surface area (Å²) >= 11 is 5.85. The lowest BCUT2D eigenvalue weighted by Crippen LogP contribution is -1.94. The van der Waals surface area contributed by atoms with Crippen molar-refractivity contribution in [1.29, 1.82) is 0 Å². The van der Waals surface area contributed by atoms with E-state index in [1.54, 1.807) is 16.7 Å². The maximum atomic E-state index is 5.85. The Morgan fingerprint density at radius 3 is 3.00 bits per heavy atom. The standard InChI is InChI=1S/C7H6ClN3/c8-6-3-1-2-5-4-10-7(9)11(5)6/h1-4H,(H2,9,10). The minimum absolute atomic E-state index is 0.422. The summed E-state index contributed by atoms with van der Waals surface area (Å²) in [5, 5.41) is 0.581. The van der Waals surface area contributed by atoms with E-state index in [1.807, 2.05) is 12.1 Å². The first-order valence-electron chi connectivity index (χ1n) is 3.16. The van der Waals surface area contributed by atoms with E-state index in [-0.39, 0.29) is 0 Å². The fourth-order valence-electron chi connectivity index (χ4n) is 1.03. The van der Waals surface area contributed by atoms with Gasteiger partial charge in [-0.2, -0.15) is 0 Å². The Kier molecular flexibility index (Phi) is 1.26. The third-order valence-corrected chi connectivity index (χ3v) is 1.83. The van der Waals surface area contributed by atoms with E-state index in [1.165, 1.54) is 0 Å². The number of imidazole rings is 1. The van der Waals surface area contributed by atoms with E-state index in [9.17, 15) is 0 Å². The number of aromatic nitrogens is 2. The molecule has 0 saturated heterocycles. The third-order valence-electron chi connectivity index (χ3n) is 1.53. The van der Waals surface area contributed by atoms with Gasteiger partial charge >= 0.3 is 0 Å². The highest BCUT2D eigenvalue weighted by atomic mass is 35.5. The van der Waals surface area contributed by atoms with Gasteiger partial charge in [-0.3, -0.25) is 4.40 Å². The molecule has 2 N–H and O–H groups in total. The predicted octanol–water partition coefficient (Wildman–Crippen LogP) is 1.57. The van der Waals surface area contributed by atoms with Crippen LogP contribution in [0.4, 0.5) is 5.95 Å². The first kappa shape index (κ1) is 6.49. The second-order valence-electron chi connectivity index (χ2n) is 2.23. The van der Waals surface area contributed by atoms with Gasteiger partial charge in [-0.15, -0.1) is 0 Å². The van der Waals surface area contributed by atoms with Gasteiger partial charge in [0.25, 0.3) is 0 Å². The van der Waals surface area contributed by atoms with Crippen LogP contribution in [0.2, 0.25) is 5.15 Å². The van der Waals surface area contributed by atoms with Crippen LogP contribution in [0.25, 0.3) is 5.52 Å². The molecule has 2 aromatic heterocycles. The maximum absolute atomic E-state index is 5.85. The molecule has 0 fully saturated rings. The molecule has 0 amide bonds. The highest BCUT2D eigenvalue weighted by Gasteiger charge is 2.00. The molecule has 2 rings (SSSR count). The summed E-state index contributed by atoms with van der Waals surface area (Å²) in [6.07, 6.45) is 1.68. The first-order valence-corrected chi connectivity index (χ1v) is 3.54. The minimum Gasteiger partial charge on any atom is -0.369 e. The Hall–Kier alpha value is -1.22. The highest BCUT2D eigenvalue weighted by Crippen LogP contribution is 2.15. The summed E-state index contributed by atoms with van der Waals surface area (Å²) in [7, 11) is 0. The van der Waals surface area contributed by atoms with Crippen molar-refractivity contribution in [2.75, 3.05) is 5.73 Å². The summed E-state index contributed by atoms with van der Waals surface area (Å²) in [6, 6.07) is 5.53. The molecule has 11 heavy (non-hydrogen) atoms. The van der Waals surface area contributed by atoms with E-state index >= 15 is 0 Å². The molecule has 0 aliphatic carbocycles. The number of anilines is 1. The zero-order chi connectivity index (χ0) is 7.84. The second-order valence-corrected chi connectivity index (χ2v) is 2.61. The van der Waals surface area contributed by atoms with Crippen LogP contribution in [-0.4, -0.2) is 9.38 Å². The largest absolute Gasteiger partial charge is 0.369 e. The predicted molar refractivity (Wildman–Crippen MR) is 44.6 cm³/mol. The minimum atomic E-state index is 0.422. The molecule has 56 valence electrons. The molecule has 0 unspecified atom stereocenters. The number of pyridine rings is 1. The van der Waals surface area contributed by atoms with Gasteiger partial charge in [-0.25, -0.2) is 4.98 Å². The molecular formula is C7H6ClN3. The Labute approximate surface area is 68.4 Å². The van der Waals surface area contributed by atoms with Gasteiger partial charge in [0, 0.05) is 0 Å². The number of hydrogen-bond acceptors (Lipinski definition) is 2. The van der Waals surface area contributed by atoms with Gasteiger partial charge in [-0.1, -0.05) is 17.7 Å². The zero-order valence-corrected chi connectivity index (χ0v) is 6.42. The lowest BCUT2D eigenvalue weighted by molar-refractivity contribution is 1.17. The van der Waals surface area contributed by atoms with Crippen molar-refractivity contribution in [3.63, 3.8) is 0 Å². The number of nitrogens with two attached hydrogens (primary N) is 1. The van der Waals surface area contributed by atoms with Crippen LogP contribution in [0, 0.1) is 0 Å². The monoisotopic (exact) mass is 167 g/mol. The van der Waals surface area contributed by atoms with Crippen LogP contribution in [0.15, 0.2) is 24.4 Å². The van der Waals surface area contributed by atoms with Crippen molar-refractivity contribution < 1.29 is 0 Å². The van der Waals surface area contributed by atoms with Gasteiger partial charge in [0.1, 0.15) is 5.15 Å². The molecule has 0 saturated carbocycles. The molecule has 4 heteroatoms. The van der Waals surface area contributed by atoms with E-state index in [0.29, 0.717) is 11.1 Å². The van der Waals surface area contributed by atoms with Crippen molar-refractivity contribution in [3.05, 3.63) is 29.5 Å². The lowest BCUT2D eigenvalue weighted by Gasteiger charge is -1.97. The maximum Gasteiger partial charge on any atom is 0.206 e. The topological polar surface area (TPSA) is 43.3 Å². The van der Waals surface area contributed by atoms with E-state index in [0.717, 1.165) is 5.52 Å². The SMILES string of the molecule is Nc1ncc2cccc(Cl)n12. The second kappa shape index (κ2) is 2.13. The van der Waals surface area contributed by atoms with Gasteiger partial charge in [0.05, 0.1) is 11.7 Å². The number of nitrogens with zero attached hydrogens (tertiary/aromatic N) is 2. The fourth-order valence-corrected chi connectivity index (χ4v) is 1.29. The normalized spacial score (nSPS) is 10.6. The summed E-state index contributed by atoms with van der Waals surface area (Å²) in [5.74, 6) is 0.422. The molecule has 0 atom stereocenters. The number of halogens is 1. The number of fused-ring (bicyclic) bond motifs is 1. The zero-order valence-electron chi connectivity index (χ0n) is 5.66. The van der Waals surface area contributed by atoms with Gasteiger partial charge in [0.2, 0.25) is 5.95 Å². The van der Waals surface area contributed by atoms with Crippen LogP contribution >= 0.6 is 11.6 Å². The van der Waals surface area contributed by atoms with Crippen LogP contribution in [0.5, 0.6) is 0 Å². The summed E-state index contributed by atoms with van der Waals surface area (Å²) in [4.78, 5) is 3.91. The van der Waals surface area contributed by atoms with Crippen molar-refractivity contribution in [1.82, 2.24) is 9.38 Å². The van der Waals surface area contributed by atoms with Crippen molar-refractivity contribution in [2.24, 2.45) is 0 Å². The molecule has 3 nitrogen and oxygen atoms in total. The smallest absolute Gasteiger partial charge is 0.206 e. The molecule has 2 heterocycles. The van der Waals surface area contributed by atoms with Gasteiger partial charge < -0.3 is 5.73 Å². The molecule has 0 aliphatic heterocycles. The molecule has 0 aliphatic rings. The van der Waals surface area contributed by atoms with Gasteiger partial charge in [0.15, 0.2) is 0 Å². The Balaban J connectivity index is 2.96. The Morgan fingerprint density at radius 1 is 1.45 bits per heavy atom. The molecule has 2 aromatic rings. The van der Waals surface area contributed by atoms with Crippen molar-refractivity contribution in [3.8, 4) is 0 Å². The van der Waals surface area contributed by atoms with Crippen LogP contribution < -0.4 is 5.73 Å². The number of hydrogen-bond donors (Lipinski definition) is 1. The van der Waals surface area contributed by atoms with E-state index < -0.39 is 0 Å². The molecule has 0 bridgehead atoms. The Morgan fingerprint density at radius 2 is 2.27 bits per heavy atom. The van der Waals surface area contributed by atoms with E-state index in [2.05, 4.69) is 4.98 Å². The van der Waals surface area contributed by atoms with Crippen molar-refractivity contribution in [2.45, 2.75) is 0 Å². The number of nitrogen functional groups attached to an aromatic ring is 1. The van der Waals surface area contributed by atoms with Crippen LogP contribution in [0.3, 0.4) is 0 Å². The quantitative estimate of drug-likeness (QED) is 0.606. The van der Waals surface area contributed by atoms with Gasteiger partial charge in [-0.05, 0) is 12.1 Å². The molecule has 0 spiro atoms. The summed E-state index contributed by atoms with van der Waals surface area (Å²) in [5.41, 5.74) is 6.46. The highest BCUT2D eigenvalue weighted by molar-refractivity contribution is 6.29.